The maximum Gasteiger partial charge on any atom is 0.306 e. The van der Waals surface area contributed by atoms with Gasteiger partial charge in [0.15, 0.2) is 0 Å². The summed E-state index contributed by atoms with van der Waals surface area (Å²) in [6.07, 6.45) is 21.4. The van der Waals surface area contributed by atoms with Crippen molar-refractivity contribution in [3.8, 4) is 0 Å². The van der Waals surface area contributed by atoms with Gasteiger partial charge in [-0.25, -0.2) is 0 Å². The zero-order valence-electron chi connectivity index (χ0n) is 21.4. The summed E-state index contributed by atoms with van der Waals surface area (Å²) in [5.41, 5.74) is 0. The highest BCUT2D eigenvalue weighted by Crippen LogP contribution is 2.19. The number of ether oxygens (including phenoxy) is 1. The molecule has 0 aromatic rings. The number of carbonyl (C=O) groups is 2. The highest BCUT2D eigenvalue weighted by Gasteiger charge is 2.15. The molecule has 0 aromatic heterocycles. The molecule has 0 spiro atoms. The molecule has 186 valence electrons. The fraction of sp³-hybridized carbons (Fsp3) is 0.926. The number of esters is 1. The quantitative estimate of drug-likeness (QED) is 0.143. The first-order chi connectivity index (χ1) is 15.0. The first kappa shape index (κ1) is 32.1. The number of carbonyl (C=O) groups excluding carboxylic acids is 1. The van der Waals surface area contributed by atoms with Crippen molar-refractivity contribution in [2.24, 2.45) is 5.92 Å². The molecule has 0 rings (SSSR count). The van der Waals surface area contributed by atoms with E-state index in [1.165, 1.54) is 70.6 Å². The fourth-order valence-corrected chi connectivity index (χ4v) is 3.54. The van der Waals surface area contributed by atoms with E-state index in [4.69, 9.17) is 4.74 Å². The largest absolute Gasteiger partial charge is 0.481 e. The molecule has 1 N–H and O–H groups in total. The Morgan fingerprint density at radius 2 is 1.03 bits per heavy atom. The number of hydrogen-bond acceptors (Lipinski definition) is 3. The van der Waals surface area contributed by atoms with Crippen LogP contribution in [0.4, 0.5) is 0 Å². The van der Waals surface area contributed by atoms with E-state index in [0.717, 1.165) is 44.9 Å². The lowest BCUT2D eigenvalue weighted by Crippen LogP contribution is -2.13. The number of carboxylic acid groups (broad SMARTS) is 1. The molecule has 1 atom stereocenters. The second kappa shape index (κ2) is 27.0. The summed E-state index contributed by atoms with van der Waals surface area (Å²) in [4.78, 5) is 22.1. The Hall–Kier alpha value is -1.06. The lowest BCUT2D eigenvalue weighted by molar-refractivity contribution is -0.144. The molecule has 0 aliphatic heterocycles. The summed E-state index contributed by atoms with van der Waals surface area (Å²) in [5, 5.41) is 9.17. The van der Waals surface area contributed by atoms with Crippen molar-refractivity contribution < 1.29 is 19.4 Å². The van der Waals surface area contributed by atoms with Crippen molar-refractivity contribution >= 4 is 11.9 Å². The molecular formula is C27H54O4. The van der Waals surface area contributed by atoms with E-state index in [0.29, 0.717) is 13.0 Å². The molecule has 0 saturated carbocycles. The van der Waals surface area contributed by atoms with Crippen molar-refractivity contribution in [1.82, 2.24) is 0 Å². The Bertz CT molecular complexity index is 381. The van der Waals surface area contributed by atoms with Gasteiger partial charge in [-0.05, 0) is 25.7 Å². The van der Waals surface area contributed by atoms with Crippen LogP contribution in [0.1, 0.15) is 150 Å². The second-order valence-electron chi connectivity index (χ2n) is 8.83. The molecule has 0 radical (unpaired) electrons. The maximum absolute atomic E-state index is 11.1. The van der Waals surface area contributed by atoms with E-state index in [9.17, 15) is 14.7 Å². The Morgan fingerprint density at radius 1 is 0.613 bits per heavy atom. The number of aliphatic carboxylic acids is 1. The minimum absolute atomic E-state index is 0.0293. The van der Waals surface area contributed by atoms with Crippen LogP contribution in [0.15, 0.2) is 0 Å². The zero-order valence-corrected chi connectivity index (χ0v) is 21.4. The SMILES string of the molecule is CCCCCCCC(=O)OCCC.CCCCCCCCC(CCCCCC)C(=O)O. The Balaban J connectivity index is 0. The van der Waals surface area contributed by atoms with Gasteiger partial charge in [-0.1, -0.05) is 118 Å². The molecule has 0 saturated heterocycles. The summed E-state index contributed by atoms with van der Waals surface area (Å²) in [7, 11) is 0. The third-order valence-corrected chi connectivity index (χ3v) is 5.61. The van der Waals surface area contributed by atoms with Crippen molar-refractivity contribution in [2.45, 2.75) is 150 Å². The van der Waals surface area contributed by atoms with Crippen LogP contribution in [0, 0.1) is 5.92 Å². The summed E-state index contributed by atoms with van der Waals surface area (Å²) in [6, 6.07) is 0. The Morgan fingerprint density at radius 3 is 1.48 bits per heavy atom. The summed E-state index contributed by atoms with van der Waals surface area (Å²) in [6.45, 7) is 9.18. The highest BCUT2D eigenvalue weighted by molar-refractivity contribution is 5.69. The van der Waals surface area contributed by atoms with Gasteiger partial charge in [0.2, 0.25) is 0 Å². The topological polar surface area (TPSA) is 63.6 Å². The van der Waals surface area contributed by atoms with E-state index in [1.807, 2.05) is 6.92 Å². The average Bonchev–Trinajstić information content (AvgIpc) is 2.76. The van der Waals surface area contributed by atoms with Crippen LogP contribution in [0.3, 0.4) is 0 Å². The van der Waals surface area contributed by atoms with Crippen LogP contribution < -0.4 is 0 Å². The van der Waals surface area contributed by atoms with Gasteiger partial charge in [-0.15, -0.1) is 0 Å². The predicted octanol–water partition coefficient (Wildman–Crippen LogP) is 8.71. The Labute approximate surface area is 193 Å². The van der Waals surface area contributed by atoms with Gasteiger partial charge in [-0.3, -0.25) is 9.59 Å². The van der Waals surface area contributed by atoms with Crippen molar-refractivity contribution in [3.05, 3.63) is 0 Å². The van der Waals surface area contributed by atoms with Crippen molar-refractivity contribution in [3.63, 3.8) is 0 Å². The van der Waals surface area contributed by atoms with Crippen LogP contribution in [0.2, 0.25) is 0 Å². The highest BCUT2D eigenvalue weighted by atomic mass is 16.5. The van der Waals surface area contributed by atoms with Gasteiger partial charge in [0, 0.05) is 6.42 Å². The van der Waals surface area contributed by atoms with E-state index in [-0.39, 0.29) is 11.9 Å². The Kier molecular flexibility index (Phi) is 28.0. The summed E-state index contributed by atoms with van der Waals surface area (Å²) < 4.78 is 4.96. The van der Waals surface area contributed by atoms with Gasteiger partial charge in [-0.2, -0.15) is 0 Å². The molecule has 31 heavy (non-hydrogen) atoms. The fourth-order valence-electron chi connectivity index (χ4n) is 3.54. The van der Waals surface area contributed by atoms with Crippen LogP contribution in [0.25, 0.3) is 0 Å². The van der Waals surface area contributed by atoms with Gasteiger partial charge in [0.05, 0.1) is 12.5 Å². The number of rotatable bonds is 21. The molecule has 0 heterocycles. The standard InChI is InChI=1S/C16H32O2.C11H22O2/c1-3-5-7-9-10-12-14-15(16(17)18)13-11-8-6-4-2;1-3-5-6-7-8-9-11(12)13-10-4-2/h15H,3-14H2,1-2H3,(H,17,18);3-10H2,1-2H3. The molecule has 4 heteroatoms. The first-order valence-electron chi connectivity index (χ1n) is 13.4. The minimum Gasteiger partial charge on any atom is -0.481 e. The maximum atomic E-state index is 11.1. The van der Waals surface area contributed by atoms with Crippen LogP contribution >= 0.6 is 0 Å². The smallest absolute Gasteiger partial charge is 0.306 e. The third kappa shape index (κ3) is 26.9. The molecule has 0 aliphatic carbocycles. The average molecular weight is 443 g/mol. The lowest BCUT2D eigenvalue weighted by atomic mass is 9.94. The predicted molar refractivity (Wildman–Crippen MR) is 133 cm³/mol. The van der Waals surface area contributed by atoms with Gasteiger partial charge in [0.25, 0.3) is 0 Å². The van der Waals surface area contributed by atoms with E-state index in [2.05, 4.69) is 20.8 Å². The molecule has 1 unspecified atom stereocenters. The molecule has 0 aliphatic rings. The number of unbranched alkanes of at least 4 members (excludes halogenated alkanes) is 12. The molecule has 0 bridgehead atoms. The molecular weight excluding hydrogens is 388 g/mol. The molecule has 0 aromatic carbocycles. The number of hydrogen-bond donors (Lipinski definition) is 1. The molecule has 0 amide bonds. The normalized spacial score (nSPS) is 11.5. The summed E-state index contributed by atoms with van der Waals surface area (Å²) in [5.74, 6) is -0.702. The zero-order chi connectivity index (χ0) is 23.6. The van der Waals surface area contributed by atoms with Gasteiger partial charge in [0.1, 0.15) is 0 Å². The van der Waals surface area contributed by atoms with E-state index >= 15 is 0 Å². The van der Waals surface area contributed by atoms with Gasteiger partial charge >= 0.3 is 11.9 Å². The van der Waals surface area contributed by atoms with E-state index in [1.54, 1.807) is 0 Å². The first-order valence-corrected chi connectivity index (χ1v) is 13.4. The van der Waals surface area contributed by atoms with E-state index < -0.39 is 5.97 Å². The van der Waals surface area contributed by atoms with Crippen LogP contribution in [0.5, 0.6) is 0 Å². The van der Waals surface area contributed by atoms with Gasteiger partial charge < -0.3 is 9.84 Å². The van der Waals surface area contributed by atoms with Crippen LogP contribution in [-0.2, 0) is 14.3 Å². The lowest BCUT2D eigenvalue weighted by Gasteiger charge is -2.11. The monoisotopic (exact) mass is 442 g/mol. The molecule has 4 nitrogen and oxygen atoms in total. The number of carboxylic acids is 1. The summed E-state index contributed by atoms with van der Waals surface area (Å²) >= 11 is 0. The van der Waals surface area contributed by atoms with Crippen molar-refractivity contribution in [2.75, 3.05) is 6.61 Å². The van der Waals surface area contributed by atoms with Crippen molar-refractivity contribution in [1.29, 1.82) is 0 Å². The van der Waals surface area contributed by atoms with Crippen LogP contribution in [-0.4, -0.2) is 23.7 Å². The third-order valence-electron chi connectivity index (χ3n) is 5.61. The second-order valence-corrected chi connectivity index (χ2v) is 8.83. The minimum atomic E-state index is -0.583. The molecule has 0 fully saturated rings.